The molecule has 0 aliphatic heterocycles. The zero-order valence-electron chi connectivity index (χ0n) is 16.4. The Labute approximate surface area is 173 Å². The van der Waals surface area contributed by atoms with Crippen molar-refractivity contribution in [3.05, 3.63) is 46.9 Å². The summed E-state index contributed by atoms with van der Waals surface area (Å²) in [7, 11) is 0. The summed E-state index contributed by atoms with van der Waals surface area (Å²) in [5.41, 5.74) is 1.06. The first-order chi connectivity index (χ1) is 14.1. The van der Waals surface area contributed by atoms with Crippen molar-refractivity contribution in [1.82, 2.24) is 25.1 Å². The Morgan fingerprint density at radius 3 is 2.66 bits per heavy atom. The monoisotopic (exact) mass is 411 g/mol. The van der Waals surface area contributed by atoms with Crippen LogP contribution in [-0.4, -0.2) is 36.9 Å². The minimum absolute atomic E-state index is 0.0128. The lowest BCUT2D eigenvalue weighted by Gasteiger charge is -2.19. The van der Waals surface area contributed by atoms with E-state index in [-0.39, 0.29) is 22.8 Å². The van der Waals surface area contributed by atoms with Crippen molar-refractivity contribution in [2.24, 2.45) is 0 Å². The van der Waals surface area contributed by atoms with E-state index in [2.05, 4.69) is 20.4 Å². The lowest BCUT2D eigenvalue weighted by Crippen LogP contribution is -2.39. The number of nitrogens with zero attached hydrogens (tertiary/aromatic N) is 3. The topological polar surface area (TPSA) is 92.7 Å². The van der Waals surface area contributed by atoms with E-state index in [1.54, 1.807) is 4.68 Å². The fourth-order valence-corrected chi connectivity index (χ4v) is 4.48. The summed E-state index contributed by atoms with van der Waals surface area (Å²) >= 11 is 1.26. The molecule has 0 radical (unpaired) electrons. The number of fused-ring (bicyclic) bond motifs is 1. The molecule has 0 spiro atoms. The molecule has 8 heteroatoms. The minimum atomic E-state index is -0.355. The predicted octanol–water partition coefficient (Wildman–Crippen LogP) is 3.43. The van der Waals surface area contributed by atoms with Crippen LogP contribution in [0.1, 0.15) is 45.4 Å². The molecular formula is C21H25N5O2S. The van der Waals surface area contributed by atoms with Gasteiger partial charge in [0.2, 0.25) is 5.91 Å². The van der Waals surface area contributed by atoms with Crippen molar-refractivity contribution >= 4 is 28.7 Å². The molecule has 1 aliphatic carbocycles. The second kappa shape index (κ2) is 8.82. The van der Waals surface area contributed by atoms with Gasteiger partial charge in [0.15, 0.2) is 10.8 Å². The summed E-state index contributed by atoms with van der Waals surface area (Å²) in [6.07, 6.45) is 8.43. The summed E-state index contributed by atoms with van der Waals surface area (Å²) in [5, 5.41) is 7.97. The molecule has 2 N–H and O–H groups in total. The van der Waals surface area contributed by atoms with Crippen molar-refractivity contribution in [2.45, 2.75) is 61.9 Å². The van der Waals surface area contributed by atoms with Crippen molar-refractivity contribution in [3.63, 3.8) is 0 Å². The molecule has 152 valence electrons. The average Bonchev–Trinajstić information content (AvgIpc) is 2.98. The third-order valence-electron chi connectivity index (χ3n) is 5.28. The van der Waals surface area contributed by atoms with Crippen LogP contribution in [0.5, 0.6) is 0 Å². The standard InChI is InChI=1S/C21H25N5O2S/c1-14(19(27)23-15-9-5-2-3-6-10-15)29-21-24-18-17(20(28)25-21)13-22-26(18)16-11-7-4-8-12-16/h4,7-8,11-15H,2-3,5-6,9-10H2,1H3,(H,23,27)(H,24,25,28)/t14-/m0/s1. The van der Waals surface area contributed by atoms with E-state index in [1.165, 1.54) is 43.6 Å². The number of thioether (sulfide) groups is 1. The van der Waals surface area contributed by atoms with E-state index in [4.69, 9.17) is 0 Å². The predicted molar refractivity (Wildman–Crippen MR) is 114 cm³/mol. The number of hydrogen-bond acceptors (Lipinski definition) is 5. The first-order valence-corrected chi connectivity index (χ1v) is 11.0. The van der Waals surface area contributed by atoms with Gasteiger partial charge in [-0.2, -0.15) is 5.10 Å². The van der Waals surface area contributed by atoms with Gasteiger partial charge in [-0.15, -0.1) is 0 Å². The van der Waals surface area contributed by atoms with Crippen molar-refractivity contribution in [2.75, 3.05) is 0 Å². The van der Waals surface area contributed by atoms with Crippen LogP contribution in [0, 0.1) is 0 Å². The van der Waals surface area contributed by atoms with Gasteiger partial charge < -0.3 is 10.3 Å². The summed E-state index contributed by atoms with van der Waals surface area (Å²) in [6.45, 7) is 1.84. The first-order valence-electron chi connectivity index (χ1n) is 10.1. The molecule has 29 heavy (non-hydrogen) atoms. The molecule has 0 bridgehead atoms. The second-order valence-electron chi connectivity index (χ2n) is 7.46. The number of benzene rings is 1. The fourth-order valence-electron chi connectivity index (χ4n) is 3.68. The van der Waals surface area contributed by atoms with Gasteiger partial charge in [0.1, 0.15) is 5.39 Å². The SMILES string of the molecule is C[C@H](Sc1nc2c(cnn2-c2ccccc2)c(=O)[nH]1)C(=O)NC1CCCCCC1. The normalized spacial score (nSPS) is 16.4. The number of aromatic amines is 1. The number of H-pyrrole nitrogens is 1. The van der Waals surface area contributed by atoms with Gasteiger partial charge in [-0.25, -0.2) is 9.67 Å². The van der Waals surface area contributed by atoms with E-state index < -0.39 is 0 Å². The zero-order valence-corrected chi connectivity index (χ0v) is 17.2. The largest absolute Gasteiger partial charge is 0.352 e. The van der Waals surface area contributed by atoms with Gasteiger partial charge in [0, 0.05) is 6.04 Å². The molecule has 1 fully saturated rings. The maximum Gasteiger partial charge on any atom is 0.262 e. The van der Waals surface area contributed by atoms with Crippen LogP contribution in [0.4, 0.5) is 0 Å². The highest BCUT2D eigenvalue weighted by Crippen LogP contribution is 2.23. The molecule has 2 heterocycles. The molecule has 7 nitrogen and oxygen atoms in total. The van der Waals surface area contributed by atoms with E-state index in [1.807, 2.05) is 37.3 Å². The molecule has 4 rings (SSSR count). The highest BCUT2D eigenvalue weighted by Gasteiger charge is 2.21. The lowest BCUT2D eigenvalue weighted by atomic mass is 10.1. The average molecular weight is 412 g/mol. The van der Waals surface area contributed by atoms with Gasteiger partial charge in [-0.3, -0.25) is 9.59 Å². The van der Waals surface area contributed by atoms with Gasteiger partial charge in [-0.1, -0.05) is 55.6 Å². The Morgan fingerprint density at radius 1 is 1.21 bits per heavy atom. The van der Waals surface area contributed by atoms with Crippen molar-refractivity contribution in [3.8, 4) is 5.69 Å². The van der Waals surface area contributed by atoms with Crippen LogP contribution in [0.15, 0.2) is 46.5 Å². The number of aromatic nitrogens is 4. The Kier molecular flexibility index (Phi) is 5.99. The van der Waals surface area contributed by atoms with Crippen LogP contribution in [-0.2, 0) is 4.79 Å². The van der Waals surface area contributed by atoms with Gasteiger partial charge in [0.05, 0.1) is 17.1 Å². The number of rotatable bonds is 5. The van der Waals surface area contributed by atoms with Crippen LogP contribution in [0.2, 0.25) is 0 Å². The Morgan fingerprint density at radius 2 is 1.93 bits per heavy atom. The molecule has 0 saturated heterocycles. The molecule has 0 unspecified atom stereocenters. The van der Waals surface area contributed by atoms with E-state index in [0.29, 0.717) is 16.2 Å². The molecule has 1 amide bonds. The molecule has 1 atom stereocenters. The maximum absolute atomic E-state index is 12.6. The summed E-state index contributed by atoms with van der Waals surface area (Å²) in [5.74, 6) is -0.0128. The molecular weight excluding hydrogens is 386 g/mol. The number of carbonyl (C=O) groups is 1. The van der Waals surface area contributed by atoms with Crippen LogP contribution < -0.4 is 10.9 Å². The Balaban J connectivity index is 1.53. The third kappa shape index (κ3) is 4.53. The molecule has 2 aromatic heterocycles. The number of para-hydroxylation sites is 1. The first kappa shape index (κ1) is 19.7. The van der Waals surface area contributed by atoms with Crippen molar-refractivity contribution < 1.29 is 4.79 Å². The Hall–Kier alpha value is -2.61. The summed E-state index contributed by atoms with van der Waals surface area (Å²) < 4.78 is 1.64. The molecule has 3 aromatic rings. The van der Waals surface area contributed by atoms with Crippen LogP contribution in [0.25, 0.3) is 16.7 Å². The van der Waals surface area contributed by atoms with Gasteiger partial charge >= 0.3 is 0 Å². The van der Waals surface area contributed by atoms with E-state index in [9.17, 15) is 9.59 Å². The molecule has 1 saturated carbocycles. The fraction of sp³-hybridized carbons (Fsp3) is 0.429. The van der Waals surface area contributed by atoms with Gasteiger partial charge in [0.25, 0.3) is 5.56 Å². The lowest BCUT2D eigenvalue weighted by molar-refractivity contribution is -0.121. The Bertz CT molecular complexity index is 1040. The molecule has 1 aromatic carbocycles. The smallest absolute Gasteiger partial charge is 0.262 e. The second-order valence-corrected chi connectivity index (χ2v) is 8.79. The highest BCUT2D eigenvalue weighted by atomic mass is 32.2. The summed E-state index contributed by atoms with van der Waals surface area (Å²) in [6, 6.07) is 9.81. The van der Waals surface area contributed by atoms with E-state index in [0.717, 1.165) is 18.5 Å². The van der Waals surface area contributed by atoms with E-state index >= 15 is 0 Å². The van der Waals surface area contributed by atoms with Crippen LogP contribution >= 0.6 is 11.8 Å². The maximum atomic E-state index is 12.6. The van der Waals surface area contributed by atoms with Crippen LogP contribution in [0.3, 0.4) is 0 Å². The highest BCUT2D eigenvalue weighted by molar-refractivity contribution is 8.00. The number of carbonyl (C=O) groups excluding carboxylic acids is 1. The van der Waals surface area contributed by atoms with Gasteiger partial charge in [-0.05, 0) is 31.9 Å². The van der Waals surface area contributed by atoms with Crippen molar-refractivity contribution in [1.29, 1.82) is 0 Å². The third-order valence-corrected chi connectivity index (χ3v) is 6.26. The quantitative estimate of drug-likeness (QED) is 0.381. The number of nitrogens with one attached hydrogen (secondary N) is 2. The minimum Gasteiger partial charge on any atom is -0.352 e. The molecule has 1 aliphatic rings. The number of hydrogen-bond donors (Lipinski definition) is 2. The zero-order chi connectivity index (χ0) is 20.2. The summed E-state index contributed by atoms with van der Waals surface area (Å²) in [4.78, 5) is 32.5. The number of amides is 1.